The van der Waals surface area contributed by atoms with Crippen molar-refractivity contribution < 1.29 is 17.6 Å². The maximum absolute atomic E-state index is 14.7. The highest BCUT2D eigenvalue weighted by molar-refractivity contribution is 7.91. The summed E-state index contributed by atoms with van der Waals surface area (Å²) in [6, 6.07) is 14.4. The van der Waals surface area contributed by atoms with Gasteiger partial charge < -0.3 is 16.0 Å². The molecule has 0 saturated heterocycles. The number of nitrogens with one attached hydrogen (secondary N) is 1. The average Bonchev–Trinajstić information content (AvgIpc) is 2.88. The molecule has 9 nitrogen and oxygen atoms in total. The van der Waals surface area contributed by atoms with Gasteiger partial charge in [0.05, 0.1) is 11.4 Å². The summed E-state index contributed by atoms with van der Waals surface area (Å²) in [4.78, 5) is 21.5. The highest BCUT2D eigenvalue weighted by Gasteiger charge is 2.26. The summed E-state index contributed by atoms with van der Waals surface area (Å²) in [7, 11) is -4.33. The number of pyridine rings is 1. The van der Waals surface area contributed by atoms with Crippen molar-refractivity contribution in [3.63, 3.8) is 0 Å². The van der Waals surface area contributed by atoms with Gasteiger partial charge in [0, 0.05) is 30.5 Å². The molecular weight excluding hydrogens is 483 g/mol. The quantitative estimate of drug-likeness (QED) is 0.351. The van der Waals surface area contributed by atoms with E-state index in [0.717, 1.165) is 12.1 Å². The molecule has 3 rings (SSSR count). The fourth-order valence-corrected chi connectivity index (χ4v) is 5.06. The number of aliphatic imine (C=N–C) groups is 1. The van der Waals surface area contributed by atoms with Crippen molar-refractivity contribution in [2.24, 2.45) is 10.7 Å². The van der Waals surface area contributed by atoms with E-state index in [1.165, 1.54) is 35.4 Å². The smallest absolute Gasteiger partial charge is 0.253 e. The lowest BCUT2D eigenvalue weighted by Gasteiger charge is -2.19. The van der Waals surface area contributed by atoms with E-state index in [1.54, 1.807) is 32.0 Å². The van der Waals surface area contributed by atoms with Crippen LogP contribution in [0.15, 0.2) is 75.6 Å². The molecule has 3 aromatic rings. The number of hydrogen-bond donors (Lipinski definition) is 2. The lowest BCUT2D eigenvalue weighted by Crippen LogP contribution is -2.30. The molecule has 0 aliphatic heterocycles. The number of carbonyl (C=O) groups is 1. The van der Waals surface area contributed by atoms with Gasteiger partial charge in [-0.15, -0.1) is 0 Å². The molecule has 0 atom stereocenters. The van der Waals surface area contributed by atoms with Crippen molar-refractivity contribution in [3.05, 3.63) is 83.4 Å². The minimum Gasteiger partial charge on any atom is -0.370 e. The van der Waals surface area contributed by atoms with Crippen LogP contribution in [0.1, 0.15) is 35.5 Å². The minimum atomic E-state index is -4.33. The van der Waals surface area contributed by atoms with E-state index in [-0.39, 0.29) is 40.1 Å². The number of hydrogen-bond acceptors (Lipinski definition) is 6. The monoisotopic (exact) mass is 508 g/mol. The van der Waals surface area contributed by atoms with Crippen LogP contribution >= 0.6 is 0 Å². The van der Waals surface area contributed by atoms with Gasteiger partial charge in [-0.25, -0.2) is 22.8 Å². The molecule has 2 aromatic carbocycles. The number of amides is 1. The van der Waals surface area contributed by atoms with Gasteiger partial charge in [0.15, 0.2) is 5.96 Å². The van der Waals surface area contributed by atoms with Crippen LogP contribution in [0, 0.1) is 17.1 Å². The summed E-state index contributed by atoms with van der Waals surface area (Å²) in [5, 5.41) is 11.8. The minimum absolute atomic E-state index is 0.0183. The second-order valence-corrected chi connectivity index (χ2v) is 9.49. The molecule has 0 saturated carbocycles. The number of carbonyl (C=O) groups excluding carboxylic acids is 1. The Bertz CT molecular complexity index is 1450. The van der Waals surface area contributed by atoms with Gasteiger partial charge in [0.25, 0.3) is 5.91 Å². The summed E-state index contributed by atoms with van der Waals surface area (Å²) in [5.74, 6) is -1.37. The Hall–Kier alpha value is -4.30. The van der Waals surface area contributed by atoms with Gasteiger partial charge in [-0.3, -0.25) is 4.79 Å². The summed E-state index contributed by atoms with van der Waals surface area (Å²) in [5.41, 5.74) is 6.97. The van der Waals surface area contributed by atoms with Gasteiger partial charge >= 0.3 is 0 Å². The topological polar surface area (TPSA) is 142 Å². The Balaban J connectivity index is 1.93. The molecule has 0 radical (unpaired) electrons. The first-order valence-corrected chi connectivity index (χ1v) is 12.5. The van der Waals surface area contributed by atoms with E-state index < -0.39 is 20.5 Å². The highest BCUT2D eigenvalue weighted by Crippen LogP contribution is 2.28. The number of nitriles is 1. The van der Waals surface area contributed by atoms with Crippen molar-refractivity contribution in [3.8, 4) is 6.07 Å². The summed E-state index contributed by atoms with van der Waals surface area (Å²) in [6.45, 7) is 4.35. The molecule has 0 aliphatic carbocycles. The number of anilines is 1. The zero-order valence-electron chi connectivity index (χ0n) is 19.8. The lowest BCUT2D eigenvalue weighted by atomic mass is 10.2. The number of aromatic nitrogens is 1. The first-order chi connectivity index (χ1) is 17.2. The predicted octanol–water partition coefficient (Wildman–Crippen LogP) is 3.33. The number of nitrogens with two attached hydrogens (primary N) is 1. The number of guanidine groups is 1. The van der Waals surface area contributed by atoms with Crippen LogP contribution in [0.4, 0.5) is 10.1 Å². The van der Waals surface area contributed by atoms with Crippen LogP contribution in [-0.2, 0) is 16.4 Å². The average molecular weight is 509 g/mol. The zero-order chi connectivity index (χ0) is 26.3. The Morgan fingerprint density at radius 2 is 1.86 bits per heavy atom. The SMILES string of the molecule is CCN(CC)C(=O)c1ccc(F)c(S(=O)(=O)c2ccccc2CN=C(N)Nc2ccnc(C#N)c2)c1. The van der Waals surface area contributed by atoms with Gasteiger partial charge in [0.2, 0.25) is 9.84 Å². The van der Waals surface area contributed by atoms with Crippen molar-refractivity contribution in [2.45, 2.75) is 30.2 Å². The van der Waals surface area contributed by atoms with Gasteiger partial charge in [-0.05, 0) is 55.8 Å². The molecule has 36 heavy (non-hydrogen) atoms. The zero-order valence-corrected chi connectivity index (χ0v) is 20.6. The Morgan fingerprint density at radius 1 is 1.14 bits per heavy atom. The largest absolute Gasteiger partial charge is 0.370 e. The van der Waals surface area contributed by atoms with Gasteiger partial charge in [-0.1, -0.05) is 18.2 Å². The molecule has 1 amide bonds. The Labute approximate surface area is 209 Å². The molecule has 0 spiro atoms. The number of benzene rings is 2. The van der Waals surface area contributed by atoms with Crippen molar-refractivity contribution >= 4 is 27.4 Å². The first kappa shape index (κ1) is 26.3. The van der Waals surface area contributed by atoms with Crippen LogP contribution in [0.25, 0.3) is 0 Å². The summed E-state index contributed by atoms with van der Waals surface area (Å²) < 4.78 is 41.7. The summed E-state index contributed by atoms with van der Waals surface area (Å²) in [6.07, 6.45) is 1.43. The molecule has 0 fully saturated rings. The van der Waals surface area contributed by atoms with E-state index in [4.69, 9.17) is 11.0 Å². The number of rotatable bonds is 8. The maximum atomic E-state index is 14.7. The predicted molar refractivity (Wildman–Crippen MR) is 133 cm³/mol. The van der Waals surface area contributed by atoms with Crippen LogP contribution < -0.4 is 11.1 Å². The molecule has 0 bridgehead atoms. The number of halogens is 1. The fraction of sp³-hybridized carbons (Fsp3) is 0.200. The van der Waals surface area contributed by atoms with Crippen LogP contribution in [0.2, 0.25) is 0 Å². The third-order valence-electron chi connectivity index (χ3n) is 5.35. The molecule has 3 N–H and O–H groups in total. The molecule has 0 unspecified atom stereocenters. The lowest BCUT2D eigenvalue weighted by molar-refractivity contribution is 0.0772. The van der Waals surface area contributed by atoms with E-state index >= 15 is 0 Å². The van der Waals surface area contributed by atoms with Crippen molar-refractivity contribution in [1.29, 1.82) is 5.26 Å². The first-order valence-electron chi connectivity index (χ1n) is 11.1. The normalized spacial score (nSPS) is 11.6. The molecule has 11 heteroatoms. The second-order valence-electron chi connectivity index (χ2n) is 7.60. The fourth-order valence-electron chi connectivity index (χ4n) is 3.48. The van der Waals surface area contributed by atoms with E-state index in [0.29, 0.717) is 18.8 Å². The molecule has 186 valence electrons. The van der Waals surface area contributed by atoms with Crippen molar-refractivity contribution in [2.75, 3.05) is 18.4 Å². The number of nitrogens with zero attached hydrogens (tertiary/aromatic N) is 4. The number of sulfone groups is 1. The third kappa shape index (κ3) is 5.84. The van der Waals surface area contributed by atoms with Crippen LogP contribution in [0.3, 0.4) is 0 Å². The maximum Gasteiger partial charge on any atom is 0.253 e. The van der Waals surface area contributed by atoms with Gasteiger partial charge in [-0.2, -0.15) is 5.26 Å². The Morgan fingerprint density at radius 3 is 2.56 bits per heavy atom. The van der Waals surface area contributed by atoms with E-state index in [9.17, 15) is 17.6 Å². The molecule has 1 aromatic heterocycles. The van der Waals surface area contributed by atoms with Gasteiger partial charge in [0.1, 0.15) is 22.5 Å². The highest BCUT2D eigenvalue weighted by atomic mass is 32.2. The molecule has 1 heterocycles. The summed E-state index contributed by atoms with van der Waals surface area (Å²) >= 11 is 0. The Kier molecular flexibility index (Phi) is 8.34. The molecular formula is C25H25FN6O3S. The third-order valence-corrected chi connectivity index (χ3v) is 7.22. The van der Waals surface area contributed by atoms with Crippen LogP contribution in [-0.4, -0.2) is 43.3 Å². The van der Waals surface area contributed by atoms with E-state index in [1.807, 2.05) is 6.07 Å². The molecule has 0 aliphatic rings. The van der Waals surface area contributed by atoms with E-state index in [2.05, 4.69) is 15.3 Å². The van der Waals surface area contributed by atoms with Crippen LogP contribution in [0.5, 0.6) is 0 Å². The standard InChI is InChI=1S/C25H25FN6O3S/c1-3-32(4-2)24(33)17-9-10-21(26)23(13-17)36(34,35)22-8-6-5-7-18(22)16-30-25(28)31-19-11-12-29-20(14-19)15-27/h5-14H,3-4,16H2,1-2H3,(H3,28,29,30,31). The second kappa shape index (κ2) is 11.4. The van der Waals surface area contributed by atoms with Crippen molar-refractivity contribution in [1.82, 2.24) is 9.88 Å².